The van der Waals surface area contributed by atoms with Crippen LogP contribution in [0.5, 0.6) is 0 Å². The van der Waals surface area contributed by atoms with Crippen molar-refractivity contribution >= 4 is 17.2 Å². The van der Waals surface area contributed by atoms with E-state index in [0.717, 1.165) is 31.5 Å². The van der Waals surface area contributed by atoms with Crippen LogP contribution >= 0.6 is 12.2 Å². The van der Waals surface area contributed by atoms with E-state index in [1.807, 2.05) is 6.07 Å². The van der Waals surface area contributed by atoms with Crippen LogP contribution in [0.1, 0.15) is 51.7 Å². The van der Waals surface area contributed by atoms with Crippen molar-refractivity contribution in [3.63, 3.8) is 0 Å². The average molecular weight is 310 g/mol. The summed E-state index contributed by atoms with van der Waals surface area (Å²) in [7, 11) is 0. The molecule has 1 aromatic carbocycles. The molecule has 1 rings (SSSR count). The van der Waals surface area contributed by atoms with E-state index in [9.17, 15) is 4.39 Å². The predicted octanol–water partition coefficient (Wildman–Crippen LogP) is 4.11. The summed E-state index contributed by atoms with van der Waals surface area (Å²) < 4.78 is 13.7. The van der Waals surface area contributed by atoms with Gasteiger partial charge in [0.25, 0.3) is 0 Å². The molecule has 0 amide bonds. The molecular formula is C17H27FN2S. The minimum absolute atomic E-state index is 0.118. The summed E-state index contributed by atoms with van der Waals surface area (Å²) >= 11 is 4.91. The second-order valence-corrected chi connectivity index (χ2v) is 6.41. The third-order valence-corrected chi connectivity index (χ3v) is 3.96. The number of nitrogens with two attached hydrogens (primary N) is 1. The number of benzene rings is 1. The molecule has 0 saturated heterocycles. The van der Waals surface area contributed by atoms with Gasteiger partial charge in [-0.2, -0.15) is 0 Å². The Labute approximate surface area is 133 Å². The minimum atomic E-state index is -0.343. The molecule has 21 heavy (non-hydrogen) atoms. The highest BCUT2D eigenvalue weighted by molar-refractivity contribution is 7.80. The zero-order valence-corrected chi connectivity index (χ0v) is 14.3. The van der Waals surface area contributed by atoms with Crippen molar-refractivity contribution in [2.45, 2.75) is 53.1 Å². The van der Waals surface area contributed by atoms with Gasteiger partial charge in [-0.1, -0.05) is 46.0 Å². The second kappa shape index (κ2) is 8.44. The molecule has 0 heterocycles. The zero-order chi connectivity index (χ0) is 16.0. The lowest BCUT2D eigenvalue weighted by molar-refractivity contribution is 0.157. The van der Waals surface area contributed by atoms with Gasteiger partial charge in [-0.3, -0.25) is 4.90 Å². The smallest absolute Gasteiger partial charge is 0.133 e. The summed E-state index contributed by atoms with van der Waals surface area (Å²) in [6, 6.07) is 5.62. The number of thiocarbonyl (C=S) groups is 1. The first-order chi connectivity index (χ1) is 9.88. The fraction of sp³-hybridized carbons (Fsp3) is 0.588. The molecule has 0 atom stereocenters. The molecule has 0 unspecified atom stereocenters. The van der Waals surface area contributed by atoms with Crippen LogP contribution in [0.25, 0.3) is 0 Å². The van der Waals surface area contributed by atoms with E-state index in [1.165, 1.54) is 6.07 Å². The van der Waals surface area contributed by atoms with Gasteiger partial charge >= 0.3 is 0 Å². The van der Waals surface area contributed by atoms with Gasteiger partial charge in [0.1, 0.15) is 10.8 Å². The Morgan fingerprint density at radius 1 is 1.29 bits per heavy atom. The molecule has 0 fully saturated rings. The van der Waals surface area contributed by atoms with Gasteiger partial charge in [-0.05, 0) is 36.5 Å². The second-order valence-electron chi connectivity index (χ2n) is 5.97. The molecule has 2 N–H and O–H groups in total. The Morgan fingerprint density at radius 3 is 2.38 bits per heavy atom. The molecule has 0 aliphatic heterocycles. The highest BCUT2D eigenvalue weighted by Crippen LogP contribution is 2.18. The molecule has 0 radical (unpaired) electrons. The van der Waals surface area contributed by atoms with Crippen molar-refractivity contribution in [1.29, 1.82) is 0 Å². The standard InChI is InChI=1S/C17H27FN2S/c1-5-14(6-2)20(10-12(3)4)11-13-7-8-16(18)15(9-13)17(19)21/h7-9,12,14H,5-6,10-11H2,1-4H3,(H2,19,21). The summed E-state index contributed by atoms with van der Waals surface area (Å²) in [6.45, 7) is 10.7. The topological polar surface area (TPSA) is 29.3 Å². The first-order valence-electron chi connectivity index (χ1n) is 7.71. The summed E-state index contributed by atoms with van der Waals surface area (Å²) in [5.41, 5.74) is 6.99. The monoisotopic (exact) mass is 310 g/mol. The molecule has 0 aromatic heterocycles. The van der Waals surface area contributed by atoms with Crippen molar-refractivity contribution < 1.29 is 4.39 Å². The molecule has 2 nitrogen and oxygen atoms in total. The number of hydrogen-bond donors (Lipinski definition) is 1. The van der Waals surface area contributed by atoms with E-state index in [0.29, 0.717) is 17.5 Å². The van der Waals surface area contributed by atoms with Gasteiger partial charge in [0, 0.05) is 24.7 Å². The summed E-state index contributed by atoms with van der Waals surface area (Å²) in [5.74, 6) is 0.255. The van der Waals surface area contributed by atoms with Crippen LogP contribution in [0.15, 0.2) is 18.2 Å². The van der Waals surface area contributed by atoms with Gasteiger partial charge in [0.15, 0.2) is 0 Å². The lowest BCUT2D eigenvalue weighted by Gasteiger charge is -2.32. The number of hydrogen-bond acceptors (Lipinski definition) is 2. The van der Waals surface area contributed by atoms with Gasteiger partial charge in [-0.25, -0.2) is 4.39 Å². The van der Waals surface area contributed by atoms with Crippen LogP contribution in [0.4, 0.5) is 4.39 Å². The van der Waals surface area contributed by atoms with Crippen molar-refractivity contribution in [3.05, 3.63) is 35.1 Å². The minimum Gasteiger partial charge on any atom is -0.389 e. The fourth-order valence-electron chi connectivity index (χ4n) is 2.71. The lowest BCUT2D eigenvalue weighted by Crippen LogP contribution is -2.36. The highest BCUT2D eigenvalue weighted by atomic mass is 32.1. The SMILES string of the molecule is CCC(CC)N(Cc1ccc(F)c(C(N)=S)c1)CC(C)C. The zero-order valence-electron chi connectivity index (χ0n) is 13.5. The van der Waals surface area contributed by atoms with E-state index in [4.69, 9.17) is 18.0 Å². The van der Waals surface area contributed by atoms with Crippen LogP contribution in [0.2, 0.25) is 0 Å². The third-order valence-electron chi connectivity index (χ3n) is 3.74. The Kier molecular flexibility index (Phi) is 7.26. The first kappa shape index (κ1) is 18.1. The van der Waals surface area contributed by atoms with Crippen LogP contribution in [-0.2, 0) is 6.54 Å². The van der Waals surface area contributed by atoms with Crippen molar-refractivity contribution in [3.8, 4) is 0 Å². The van der Waals surface area contributed by atoms with E-state index < -0.39 is 0 Å². The van der Waals surface area contributed by atoms with Crippen molar-refractivity contribution in [2.24, 2.45) is 11.7 Å². The molecule has 0 saturated carbocycles. The van der Waals surface area contributed by atoms with Gasteiger partial charge < -0.3 is 5.73 Å². The van der Waals surface area contributed by atoms with Gasteiger partial charge in [-0.15, -0.1) is 0 Å². The van der Waals surface area contributed by atoms with E-state index in [1.54, 1.807) is 6.07 Å². The summed E-state index contributed by atoms with van der Waals surface area (Å²) in [6.07, 6.45) is 2.24. The fourth-order valence-corrected chi connectivity index (χ4v) is 2.87. The molecule has 118 valence electrons. The van der Waals surface area contributed by atoms with Gasteiger partial charge in [0.05, 0.1) is 0 Å². The van der Waals surface area contributed by atoms with E-state index in [-0.39, 0.29) is 10.8 Å². The maximum absolute atomic E-state index is 13.7. The largest absolute Gasteiger partial charge is 0.389 e. The Hall–Kier alpha value is -1.00. The van der Waals surface area contributed by atoms with E-state index in [2.05, 4.69) is 32.6 Å². The van der Waals surface area contributed by atoms with E-state index >= 15 is 0 Å². The number of rotatable bonds is 8. The maximum atomic E-state index is 13.7. The molecular weight excluding hydrogens is 283 g/mol. The molecule has 0 bridgehead atoms. The lowest BCUT2D eigenvalue weighted by atomic mass is 10.0. The normalized spacial score (nSPS) is 11.6. The van der Waals surface area contributed by atoms with Crippen LogP contribution in [-0.4, -0.2) is 22.5 Å². The predicted molar refractivity (Wildman–Crippen MR) is 91.9 cm³/mol. The number of halogens is 1. The third kappa shape index (κ3) is 5.36. The maximum Gasteiger partial charge on any atom is 0.133 e. The van der Waals surface area contributed by atoms with Crippen LogP contribution < -0.4 is 5.73 Å². The summed E-state index contributed by atoms with van der Waals surface area (Å²) in [5, 5.41) is 0. The van der Waals surface area contributed by atoms with Crippen molar-refractivity contribution in [1.82, 2.24) is 4.90 Å². The van der Waals surface area contributed by atoms with Gasteiger partial charge in [0.2, 0.25) is 0 Å². The van der Waals surface area contributed by atoms with Crippen LogP contribution in [0.3, 0.4) is 0 Å². The van der Waals surface area contributed by atoms with Crippen molar-refractivity contribution in [2.75, 3.05) is 6.54 Å². The molecule has 4 heteroatoms. The Morgan fingerprint density at radius 2 is 1.90 bits per heavy atom. The molecule has 0 aliphatic carbocycles. The molecule has 0 aliphatic rings. The summed E-state index contributed by atoms with van der Waals surface area (Å²) in [4.78, 5) is 2.59. The first-order valence-corrected chi connectivity index (χ1v) is 8.12. The molecule has 1 aromatic rings. The average Bonchev–Trinajstić information content (AvgIpc) is 2.41. The quantitative estimate of drug-likeness (QED) is 0.733. The highest BCUT2D eigenvalue weighted by Gasteiger charge is 2.17. The Balaban J connectivity index is 2.97. The van der Waals surface area contributed by atoms with Crippen LogP contribution in [0, 0.1) is 11.7 Å². The molecule has 0 spiro atoms. The number of nitrogens with zero attached hydrogens (tertiary/aromatic N) is 1. The Bertz CT molecular complexity index is 470.